The van der Waals surface area contributed by atoms with Crippen LogP contribution in [0.2, 0.25) is 0 Å². The van der Waals surface area contributed by atoms with Gasteiger partial charge in [-0.15, -0.1) is 0 Å². The third kappa shape index (κ3) is 7.18. The number of hydrogen-bond acceptors (Lipinski definition) is 6. The average Bonchev–Trinajstić information content (AvgIpc) is 2.97. The number of likely N-dealkylation sites (tertiary alicyclic amines) is 1. The second-order valence-electron chi connectivity index (χ2n) is 7.52. The van der Waals surface area contributed by atoms with Gasteiger partial charge in [0.05, 0.1) is 6.54 Å². The summed E-state index contributed by atoms with van der Waals surface area (Å²) < 4.78 is 0. The van der Waals surface area contributed by atoms with Crippen molar-refractivity contribution in [3.8, 4) is 0 Å². The molecule has 2 rings (SSSR count). The van der Waals surface area contributed by atoms with E-state index in [1.54, 1.807) is 19.1 Å². The van der Waals surface area contributed by atoms with Gasteiger partial charge in [0.25, 0.3) is 0 Å². The van der Waals surface area contributed by atoms with Crippen LogP contribution in [-0.2, 0) is 30.5 Å². The summed E-state index contributed by atoms with van der Waals surface area (Å²) in [6.45, 7) is 3.60. The van der Waals surface area contributed by atoms with Gasteiger partial charge in [-0.2, -0.15) is 0 Å². The molecule has 0 saturated carbocycles. The topological polar surface area (TPSA) is 137 Å². The van der Waals surface area contributed by atoms with Gasteiger partial charge in [-0.25, -0.2) is 0 Å². The fourth-order valence-corrected chi connectivity index (χ4v) is 3.08. The Balaban J connectivity index is 1.69. The Morgan fingerprint density at radius 1 is 1.13 bits per heavy atom. The number of rotatable bonds is 10. The molecule has 5 amide bonds. The zero-order chi connectivity index (χ0) is 23.0. The van der Waals surface area contributed by atoms with E-state index in [4.69, 9.17) is 0 Å². The van der Waals surface area contributed by atoms with Crippen LogP contribution in [0.25, 0.3) is 0 Å². The normalized spacial score (nSPS) is 16.7. The van der Waals surface area contributed by atoms with Crippen LogP contribution < -0.4 is 21.3 Å². The van der Waals surface area contributed by atoms with Gasteiger partial charge in [-0.3, -0.25) is 28.9 Å². The van der Waals surface area contributed by atoms with E-state index < -0.39 is 17.9 Å². The minimum absolute atomic E-state index is 0.0125. The molecule has 0 bridgehead atoms. The van der Waals surface area contributed by atoms with E-state index in [2.05, 4.69) is 21.3 Å². The maximum Gasteiger partial charge on any atom is 0.246 e. The lowest BCUT2D eigenvalue weighted by Crippen LogP contribution is -2.46. The van der Waals surface area contributed by atoms with Crippen LogP contribution >= 0.6 is 0 Å². The Labute approximate surface area is 181 Å². The summed E-state index contributed by atoms with van der Waals surface area (Å²) in [6, 6.07) is 6.51. The lowest BCUT2D eigenvalue weighted by Gasteiger charge is -2.16. The van der Waals surface area contributed by atoms with Gasteiger partial charge in [0, 0.05) is 37.5 Å². The van der Waals surface area contributed by atoms with Crippen molar-refractivity contribution in [2.45, 2.75) is 39.3 Å². The second kappa shape index (κ2) is 11.2. The van der Waals surface area contributed by atoms with E-state index >= 15 is 0 Å². The number of carbonyl (C=O) groups is 5. The molecule has 0 aliphatic carbocycles. The molecule has 2 atom stereocenters. The molecule has 1 aliphatic rings. The molecule has 1 fully saturated rings. The molecule has 168 valence electrons. The van der Waals surface area contributed by atoms with Crippen LogP contribution in [0.15, 0.2) is 24.3 Å². The molecule has 0 spiro atoms. The van der Waals surface area contributed by atoms with Crippen molar-refractivity contribution < 1.29 is 24.0 Å². The van der Waals surface area contributed by atoms with Crippen LogP contribution in [0.1, 0.15) is 32.3 Å². The fraction of sp³-hybridized carbons (Fsp3) is 0.476. The number of hydrogen-bond donors (Lipinski definition) is 4. The van der Waals surface area contributed by atoms with Gasteiger partial charge in [-0.05, 0) is 31.7 Å². The Kier molecular flexibility index (Phi) is 8.68. The molecular formula is C21H29N5O5. The first-order chi connectivity index (χ1) is 14.7. The first-order valence-electron chi connectivity index (χ1n) is 10.2. The number of benzene rings is 1. The highest BCUT2D eigenvalue weighted by Crippen LogP contribution is 2.18. The minimum atomic E-state index is -0.803. The molecule has 1 aliphatic heterocycles. The molecule has 10 heteroatoms. The maximum atomic E-state index is 12.2. The maximum absolute atomic E-state index is 12.2. The minimum Gasteiger partial charge on any atom is -0.347 e. The van der Waals surface area contributed by atoms with Crippen molar-refractivity contribution in [3.05, 3.63) is 29.8 Å². The number of anilines is 1. The lowest BCUT2D eigenvalue weighted by molar-refractivity contribution is -0.139. The summed E-state index contributed by atoms with van der Waals surface area (Å²) in [4.78, 5) is 60.8. The van der Waals surface area contributed by atoms with Crippen molar-refractivity contribution in [1.29, 1.82) is 0 Å². The van der Waals surface area contributed by atoms with E-state index in [0.29, 0.717) is 5.69 Å². The first kappa shape index (κ1) is 24.0. The van der Waals surface area contributed by atoms with E-state index in [1.807, 2.05) is 19.2 Å². The van der Waals surface area contributed by atoms with Crippen molar-refractivity contribution in [2.24, 2.45) is 5.92 Å². The van der Waals surface area contributed by atoms with E-state index in [9.17, 15) is 24.0 Å². The predicted octanol–water partition coefficient (Wildman–Crippen LogP) is -0.249. The molecule has 1 saturated heterocycles. The predicted molar refractivity (Wildman–Crippen MR) is 114 cm³/mol. The Morgan fingerprint density at radius 2 is 1.81 bits per heavy atom. The monoisotopic (exact) mass is 431 g/mol. The summed E-state index contributed by atoms with van der Waals surface area (Å²) >= 11 is 0. The molecule has 0 aromatic heterocycles. The van der Waals surface area contributed by atoms with Crippen LogP contribution in [0.4, 0.5) is 5.69 Å². The van der Waals surface area contributed by atoms with Gasteiger partial charge >= 0.3 is 0 Å². The zero-order valence-corrected chi connectivity index (χ0v) is 18.0. The second-order valence-corrected chi connectivity index (χ2v) is 7.52. The van der Waals surface area contributed by atoms with Gasteiger partial charge < -0.3 is 21.3 Å². The summed E-state index contributed by atoms with van der Waals surface area (Å²) in [6.07, 6.45) is 0.0694. The van der Waals surface area contributed by atoms with Crippen LogP contribution in [0.3, 0.4) is 0 Å². The van der Waals surface area contributed by atoms with E-state index in [-0.39, 0.29) is 49.6 Å². The van der Waals surface area contributed by atoms with Gasteiger partial charge in [0.15, 0.2) is 0 Å². The highest BCUT2D eigenvalue weighted by atomic mass is 16.2. The van der Waals surface area contributed by atoms with Crippen LogP contribution in [0.5, 0.6) is 0 Å². The highest BCUT2D eigenvalue weighted by Gasteiger charge is 2.35. The summed E-state index contributed by atoms with van der Waals surface area (Å²) in [5.74, 6) is -2.32. The number of carbonyl (C=O) groups excluding carboxylic acids is 5. The summed E-state index contributed by atoms with van der Waals surface area (Å²) in [7, 11) is 1.85. The van der Waals surface area contributed by atoms with Crippen molar-refractivity contribution >= 4 is 35.2 Å². The highest BCUT2D eigenvalue weighted by molar-refractivity contribution is 6.03. The molecular weight excluding hydrogens is 402 g/mol. The van der Waals surface area contributed by atoms with Crippen molar-refractivity contribution in [2.75, 3.05) is 25.5 Å². The third-order valence-electron chi connectivity index (χ3n) is 4.85. The van der Waals surface area contributed by atoms with Gasteiger partial charge in [0.1, 0.15) is 6.04 Å². The van der Waals surface area contributed by atoms with Gasteiger partial charge in [0.2, 0.25) is 29.5 Å². The molecule has 1 aromatic rings. The number of nitrogens with one attached hydrogen (secondary N) is 4. The number of nitrogens with zero attached hydrogens (tertiary/aromatic N) is 1. The van der Waals surface area contributed by atoms with Crippen molar-refractivity contribution in [1.82, 2.24) is 20.9 Å². The first-order valence-corrected chi connectivity index (χ1v) is 10.2. The lowest BCUT2D eigenvalue weighted by atomic mass is 10.1. The molecule has 4 N–H and O–H groups in total. The number of imide groups is 1. The molecule has 0 radical (unpaired) electrons. The summed E-state index contributed by atoms with van der Waals surface area (Å²) in [5.41, 5.74) is 1.69. The average molecular weight is 431 g/mol. The molecule has 2 unspecified atom stereocenters. The molecule has 1 aromatic carbocycles. The Hall–Kier alpha value is -3.27. The molecule has 10 nitrogen and oxygen atoms in total. The standard InChI is InChI=1S/C21H29N5O5/c1-13-10-19(29)26(21(13)31)9-8-17(27)23-12-18(28)24-14(2)20(30)25-16-6-4-15(5-7-16)11-22-3/h4-7,13-14,22H,8-12H2,1-3H3,(H,23,27)(H,24,28)(H,25,30). The van der Waals surface area contributed by atoms with Crippen LogP contribution in [0, 0.1) is 5.92 Å². The smallest absolute Gasteiger partial charge is 0.246 e. The zero-order valence-electron chi connectivity index (χ0n) is 18.0. The fourth-order valence-electron chi connectivity index (χ4n) is 3.08. The third-order valence-corrected chi connectivity index (χ3v) is 4.85. The molecule has 1 heterocycles. The van der Waals surface area contributed by atoms with Crippen molar-refractivity contribution in [3.63, 3.8) is 0 Å². The Morgan fingerprint density at radius 3 is 2.39 bits per heavy atom. The van der Waals surface area contributed by atoms with E-state index in [1.165, 1.54) is 6.92 Å². The largest absolute Gasteiger partial charge is 0.347 e. The Bertz CT molecular complexity index is 839. The summed E-state index contributed by atoms with van der Waals surface area (Å²) in [5, 5.41) is 10.7. The number of amides is 5. The van der Waals surface area contributed by atoms with Gasteiger partial charge in [-0.1, -0.05) is 19.1 Å². The SMILES string of the molecule is CNCc1ccc(NC(=O)C(C)NC(=O)CNC(=O)CCN2C(=O)CC(C)C2=O)cc1. The van der Waals surface area contributed by atoms with E-state index in [0.717, 1.165) is 17.0 Å². The molecule has 31 heavy (non-hydrogen) atoms. The van der Waals surface area contributed by atoms with Crippen LogP contribution in [-0.4, -0.2) is 60.6 Å². The quantitative estimate of drug-likeness (QED) is 0.377.